The van der Waals surface area contributed by atoms with E-state index in [0.29, 0.717) is 23.5 Å². The van der Waals surface area contributed by atoms with Crippen LogP contribution in [0.4, 0.5) is 0 Å². The van der Waals surface area contributed by atoms with Crippen molar-refractivity contribution >= 4 is 11.9 Å². The van der Waals surface area contributed by atoms with Gasteiger partial charge in [0.15, 0.2) is 5.96 Å². The molecule has 0 radical (unpaired) electrons. The molecule has 3 fully saturated rings. The van der Waals surface area contributed by atoms with E-state index in [1.807, 2.05) is 0 Å². The summed E-state index contributed by atoms with van der Waals surface area (Å²) in [5.74, 6) is 1.38. The monoisotopic (exact) mass is 294 g/mol. The molecular weight excluding hydrogens is 268 g/mol. The fraction of sp³-hybridized carbons (Fsp3) is 0.867. The molecule has 21 heavy (non-hydrogen) atoms. The van der Waals surface area contributed by atoms with Gasteiger partial charge in [-0.3, -0.25) is 9.79 Å². The van der Waals surface area contributed by atoms with Gasteiger partial charge < -0.3 is 20.3 Å². The Morgan fingerprint density at radius 3 is 2.76 bits per heavy atom. The fourth-order valence-electron chi connectivity index (χ4n) is 4.12. The number of guanidine groups is 1. The largest absolute Gasteiger partial charge is 0.377 e. The van der Waals surface area contributed by atoms with Crippen LogP contribution < -0.4 is 10.6 Å². The van der Waals surface area contributed by atoms with Crippen LogP contribution in [0.3, 0.4) is 0 Å². The molecule has 2 aliphatic carbocycles. The molecule has 2 saturated carbocycles. The topological polar surface area (TPSA) is 66.0 Å². The lowest BCUT2D eigenvalue weighted by Gasteiger charge is -2.63. The Morgan fingerprint density at radius 1 is 1.43 bits per heavy atom. The van der Waals surface area contributed by atoms with E-state index in [9.17, 15) is 4.79 Å². The molecular formula is C15H26N4O2. The minimum Gasteiger partial charge on any atom is -0.377 e. The molecule has 3 atom stereocenters. The van der Waals surface area contributed by atoms with Crippen molar-refractivity contribution in [1.29, 1.82) is 0 Å². The van der Waals surface area contributed by atoms with Crippen molar-refractivity contribution in [3.05, 3.63) is 0 Å². The zero-order valence-corrected chi connectivity index (χ0v) is 13.2. The van der Waals surface area contributed by atoms with Crippen molar-refractivity contribution in [3.8, 4) is 0 Å². The van der Waals surface area contributed by atoms with Gasteiger partial charge in [-0.05, 0) is 19.3 Å². The molecule has 6 nitrogen and oxygen atoms in total. The minimum atomic E-state index is 0.0481. The maximum absolute atomic E-state index is 11.7. The Bertz CT molecular complexity index is 445. The predicted octanol–water partition coefficient (Wildman–Crippen LogP) is 0.197. The van der Waals surface area contributed by atoms with Crippen molar-refractivity contribution in [1.82, 2.24) is 15.5 Å². The average Bonchev–Trinajstić information content (AvgIpc) is 2.82. The van der Waals surface area contributed by atoms with E-state index in [4.69, 9.17) is 4.74 Å². The van der Waals surface area contributed by atoms with Crippen molar-refractivity contribution in [2.75, 3.05) is 34.3 Å². The number of carbonyl (C=O) groups excluding carboxylic acids is 1. The zero-order chi connectivity index (χ0) is 15.0. The lowest BCUT2D eigenvalue weighted by atomic mass is 9.46. The zero-order valence-electron chi connectivity index (χ0n) is 13.2. The molecule has 0 aromatic heterocycles. The quantitative estimate of drug-likeness (QED) is 0.576. The Labute approximate surface area is 126 Å². The first-order chi connectivity index (χ1) is 10.1. The predicted molar refractivity (Wildman–Crippen MR) is 81.1 cm³/mol. The van der Waals surface area contributed by atoms with Gasteiger partial charge in [-0.15, -0.1) is 0 Å². The molecule has 1 aliphatic heterocycles. The molecule has 1 amide bonds. The van der Waals surface area contributed by atoms with Crippen LogP contribution in [0, 0.1) is 11.3 Å². The molecule has 1 saturated heterocycles. The molecule has 1 heterocycles. The number of nitrogens with zero attached hydrogens (tertiary/aromatic N) is 2. The van der Waals surface area contributed by atoms with Crippen LogP contribution in [0.5, 0.6) is 0 Å². The number of amides is 1. The molecule has 0 aromatic carbocycles. The summed E-state index contributed by atoms with van der Waals surface area (Å²) >= 11 is 0. The van der Waals surface area contributed by atoms with Crippen LogP contribution in [-0.4, -0.2) is 63.2 Å². The first kappa shape index (κ1) is 14.6. The summed E-state index contributed by atoms with van der Waals surface area (Å²) < 4.78 is 5.92. The maximum atomic E-state index is 11.7. The smallest absolute Gasteiger partial charge is 0.241 e. The fourth-order valence-corrected chi connectivity index (χ4v) is 4.12. The Balaban J connectivity index is 1.58. The summed E-state index contributed by atoms with van der Waals surface area (Å²) in [6.07, 6.45) is 5.39. The van der Waals surface area contributed by atoms with E-state index in [1.54, 1.807) is 26.0 Å². The van der Waals surface area contributed by atoms with Crippen LogP contribution in [0.2, 0.25) is 0 Å². The number of rotatable bonds is 3. The maximum Gasteiger partial charge on any atom is 0.241 e. The van der Waals surface area contributed by atoms with Crippen molar-refractivity contribution in [2.24, 2.45) is 16.3 Å². The number of fused-ring (bicyclic) bond motifs is 2. The second-order valence-corrected chi connectivity index (χ2v) is 6.67. The Kier molecular flexibility index (Phi) is 3.82. The lowest BCUT2D eigenvalue weighted by Crippen LogP contribution is -2.72. The number of likely N-dealkylation sites (N-methyl/N-ethyl adjacent to an activating group) is 1. The van der Waals surface area contributed by atoms with Gasteiger partial charge in [-0.25, -0.2) is 0 Å². The molecule has 3 rings (SSSR count). The molecule has 0 aromatic rings. The number of aliphatic imine (C=N–C) groups is 1. The summed E-state index contributed by atoms with van der Waals surface area (Å²) in [6.45, 7) is 1.16. The Morgan fingerprint density at radius 2 is 2.19 bits per heavy atom. The summed E-state index contributed by atoms with van der Waals surface area (Å²) in [5, 5.41) is 6.67. The first-order valence-electron chi connectivity index (χ1n) is 7.87. The van der Waals surface area contributed by atoms with Crippen LogP contribution in [-0.2, 0) is 9.53 Å². The molecule has 0 bridgehead atoms. The standard InChI is InChI=1S/C15H26N4O2/c1-16-14(17-9-11(20)19(2)3)18-12-10-5-8-21-13(10)15(12)6-4-7-15/h10,12-13H,4-9H2,1-3H3,(H2,16,17,18). The van der Waals surface area contributed by atoms with Crippen molar-refractivity contribution < 1.29 is 9.53 Å². The van der Waals surface area contributed by atoms with Crippen molar-refractivity contribution in [3.63, 3.8) is 0 Å². The van der Waals surface area contributed by atoms with E-state index in [2.05, 4.69) is 15.6 Å². The molecule has 6 heteroatoms. The Hall–Kier alpha value is -1.30. The van der Waals surface area contributed by atoms with E-state index in [1.165, 1.54) is 19.3 Å². The van der Waals surface area contributed by atoms with Crippen LogP contribution in [0.1, 0.15) is 25.7 Å². The second-order valence-electron chi connectivity index (χ2n) is 6.67. The second kappa shape index (κ2) is 5.48. The number of nitrogens with one attached hydrogen (secondary N) is 2. The highest BCUT2D eigenvalue weighted by atomic mass is 16.5. The van der Waals surface area contributed by atoms with Gasteiger partial charge >= 0.3 is 0 Å². The molecule has 3 unspecified atom stereocenters. The van der Waals surface area contributed by atoms with Gasteiger partial charge in [0.25, 0.3) is 0 Å². The van der Waals surface area contributed by atoms with Crippen LogP contribution in [0.25, 0.3) is 0 Å². The van der Waals surface area contributed by atoms with Gasteiger partial charge in [-0.1, -0.05) is 6.42 Å². The van der Waals surface area contributed by atoms with Crippen LogP contribution in [0.15, 0.2) is 4.99 Å². The van der Waals surface area contributed by atoms with E-state index in [0.717, 1.165) is 19.0 Å². The highest BCUT2D eigenvalue weighted by molar-refractivity contribution is 5.86. The molecule has 3 aliphatic rings. The molecule has 118 valence electrons. The summed E-state index contributed by atoms with van der Waals surface area (Å²) in [6, 6.07) is 0.444. The lowest BCUT2D eigenvalue weighted by molar-refractivity contribution is -0.171. The van der Waals surface area contributed by atoms with E-state index in [-0.39, 0.29) is 12.5 Å². The first-order valence-corrected chi connectivity index (χ1v) is 7.87. The number of hydrogen-bond acceptors (Lipinski definition) is 3. The van der Waals surface area contributed by atoms with Gasteiger partial charge in [0.2, 0.25) is 5.91 Å². The minimum absolute atomic E-state index is 0.0481. The highest BCUT2D eigenvalue weighted by Crippen LogP contribution is 2.62. The summed E-state index contributed by atoms with van der Waals surface area (Å²) in [4.78, 5) is 17.5. The van der Waals surface area contributed by atoms with Gasteiger partial charge in [0.1, 0.15) is 0 Å². The third kappa shape index (κ3) is 2.29. The number of hydrogen-bond donors (Lipinski definition) is 2. The third-order valence-electron chi connectivity index (χ3n) is 5.46. The summed E-state index contributed by atoms with van der Waals surface area (Å²) in [7, 11) is 5.27. The van der Waals surface area contributed by atoms with Crippen molar-refractivity contribution in [2.45, 2.75) is 37.8 Å². The van der Waals surface area contributed by atoms with E-state index < -0.39 is 0 Å². The van der Waals surface area contributed by atoms with Gasteiger partial charge in [-0.2, -0.15) is 0 Å². The highest BCUT2D eigenvalue weighted by Gasteiger charge is 2.66. The third-order valence-corrected chi connectivity index (χ3v) is 5.46. The number of carbonyl (C=O) groups is 1. The van der Waals surface area contributed by atoms with E-state index >= 15 is 0 Å². The SMILES string of the molecule is CN=C(NCC(=O)N(C)C)NC1C2CCOC2C12CCC2. The number of ether oxygens (including phenoxy) is 1. The molecule has 2 N–H and O–H groups in total. The van der Waals surface area contributed by atoms with Crippen LogP contribution >= 0.6 is 0 Å². The van der Waals surface area contributed by atoms with Gasteiger partial charge in [0.05, 0.1) is 12.6 Å². The summed E-state index contributed by atoms with van der Waals surface area (Å²) in [5.41, 5.74) is 0.324. The average molecular weight is 294 g/mol. The molecule has 1 spiro atoms. The van der Waals surface area contributed by atoms with Gasteiger partial charge in [0, 0.05) is 45.1 Å². The normalized spacial score (nSPS) is 32.9.